The number of ketones is 1. The van der Waals surface area contributed by atoms with Crippen molar-refractivity contribution in [3.05, 3.63) is 64.1 Å². The molecule has 36 heavy (non-hydrogen) atoms. The van der Waals surface area contributed by atoms with Crippen molar-refractivity contribution in [1.29, 1.82) is 0 Å². The number of hydrogen-bond donors (Lipinski definition) is 2. The lowest BCUT2D eigenvalue weighted by atomic mass is 10.0. The Kier molecular flexibility index (Phi) is 7.33. The second-order valence-corrected chi connectivity index (χ2v) is 10.3. The van der Waals surface area contributed by atoms with Crippen molar-refractivity contribution >= 4 is 40.3 Å². The number of nitrogens with zero attached hydrogens (tertiary/aromatic N) is 3. The standard InChI is InChI=1S/C26H30ClN5O4/c1-16-7-8-28-21(13-16)24(34)23-19(18-14-17(27)5-6-20(18)29-23)15-22(33)30-32-11-9-31(10-12-32)25(35)36-26(2,3)4/h5-8,13-14,29H,9-12,15H2,1-4H3,(H,30,33). The van der Waals surface area contributed by atoms with Crippen molar-refractivity contribution in [3.63, 3.8) is 0 Å². The third kappa shape index (κ3) is 6.03. The number of aromatic amines is 1. The van der Waals surface area contributed by atoms with Gasteiger partial charge in [0.25, 0.3) is 0 Å². The summed E-state index contributed by atoms with van der Waals surface area (Å²) in [6, 6.07) is 8.80. The number of nitrogens with one attached hydrogen (secondary N) is 2. The SMILES string of the molecule is Cc1ccnc(C(=O)c2[nH]c3ccc(Cl)cc3c2CC(=O)NN2CCN(C(=O)OC(C)(C)C)CC2)c1. The number of carbonyl (C=O) groups excluding carboxylic acids is 3. The first-order chi connectivity index (χ1) is 17.0. The molecule has 0 radical (unpaired) electrons. The minimum atomic E-state index is -0.562. The Morgan fingerprint density at radius 1 is 1.11 bits per heavy atom. The summed E-state index contributed by atoms with van der Waals surface area (Å²) in [7, 11) is 0. The lowest BCUT2D eigenvalue weighted by Gasteiger charge is -2.35. The van der Waals surface area contributed by atoms with E-state index in [0.717, 1.165) is 5.56 Å². The molecule has 2 aromatic heterocycles. The molecule has 0 atom stereocenters. The largest absolute Gasteiger partial charge is 0.444 e. The number of H-pyrrole nitrogens is 1. The summed E-state index contributed by atoms with van der Waals surface area (Å²) in [6.07, 6.45) is 1.20. The minimum absolute atomic E-state index is 0.0283. The Bertz CT molecular complexity index is 1310. The van der Waals surface area contributed by atoms with E-state index in [4.69, 9.17) is 16.3 Å². The van der Waals surface area contributed by atoms with Crippen molar-refractivity contribution < 1.29 is 19.1 Å². The molecule has 4 rings (SSSR count). The number of hydrogen-bond acceptors (Lipinski definition) is 6. The number of pyridine rings is 1. The fraction of sp³-hybridized carbons (Fsp3) is 0.385. The van der Waals surface area contributed by atoms with Crippen molar-refractivity contribution in [1.82, 2.24) is 25.3 Å². The van der Waals surface area contributed by atoms with Crippen LogP contribution < -0.4 is 5.43 Å². The summed E-state index contributed by atoms with van der Waals surface area (Å²) < 4.78 is 5.42. The molecule has 0 unspecified atom stereocenters. The Morgan fingerprint density at radius 3 is 2.50 bits per heavy atom. The van der Waals surface area contributed by atoms with Crippen LogP contribution in [0.4, 0.5) is 4.79 Å². The quantitative estimate of drug-likeness (QED) is 0.503. The van der Waals surface area contributed by atoms with Gasteiger partial charge in [0.2, 0.25) is 11.7 Å². The Labute approximate surface area is 214 Å². The molecule has 9 nitrogen and oxygen atoms in total. The van der Waals surface area contributed by atoms with E-state index in [2.05, 4.69) is 15.4 Å². The van der Waals surface area contributed by atoms with E-state index >= 15 is 0 Å². The number of benzene rings is 1. The first-order valence-electron chi connectivity index (χ1n) is 11.8. The molecule has 1 aliphatic rings. The molecule has 0 aliphatic carbocycles. The fourth-order valence-electron chi connectivity index (χ4n) is 4.09. The maximum atomic E-state index is 13.3. The van der Waals surface area contributed by atoms with Gasteiger partial charge >= 0.3 is 6.09 Å². The average molecular weight is 512 g/mol. The highest BCUT2D eigenvalue weighted by atomic mass is 35.5. The molecule has 3 aromatic rings. The number of ether oxygens (including phenoxy) is 1. The number of amides is 2. The van der Waals surface area contributed by atoms with Gasteiger partial charge in [0.15, 0.2) is 0 Å². The predicted molar refractivity (Wildman–Crippen MR) is 137 cm³/mol. The maximum absolute atomic E-state index is 13.3. The van der Waals surface area contributed by atoms with Crippen LogP contribution in [-0.4, -0.2) is 69.4 Å². The molecule has 3 heterocycles. The Balaban J connectivity index is 1.48. The minimum Gasteiger partial charge on any atom is -0.444 e. The molecule has 190 valence electrons. The predicted octanol–water partition coefficient (Wildman–Crippen LogP) is 3.88. The highest BCUT2D eigenvalue weighted by Gasteiger charge is 2.27. The van der Waals surface area contributed by atoms with Crippen LogP contribution in [0.2, 0.25) is 5.02 Å². The summed E-state index contributed by atoms with van der Waals surface area (Å²) >= 11 is 6.23. The lowest BCUT2D eigenvalue weighted by molar-refractivity contribution is -0.126. The monoisotopic (exact) mass is 511 g/mol. The molecule has 1 saturated heterocycles. The Hall–Kier alpha value is -3.43. The van der Waals surface area contributed by atoms with Gasteiger partial charge in [-0.05, 0) is 69.2 Å². The van der Waals surface area contributed by atoms with Gasteiger partial charge in [0.1, 0.15) is 11.3 Å². The first kappa shape index (κ1) is 25.7. The van der Waals surface area contributed by atoms with Crippen LogP contribution in [0.15, 0.2) is 36.5 Å². The molecule has 2 N–H and O–H groups in total. The zero-order chi connectivity index (χ0) is 26.0. The maximum Gasteiger partial charge on any atom is 0.410 e. The normalized spacial score (nSPS) is 14.6. The van der Waals surface area contributed by atoms with Gasteiger partial charge in [-0.15, -0.1) is 0 Å². The molecule has 0 bridgehead atoms. The van der Waals surface area contributed by atoms with E-state index in [9.17, 15) is 14.4 Å². The van der Waals surface area contributed by atoms with Crippen molar-refractivity contribution in [2.45, 2.75) is 39.7 Å². The van der Waals surface area contributed by atoms with Gasteiger partial charge in [-0.25, -0.2) is 9.80 Å². The third-order valence-corrected chi connectivity index (χ3v) is 6.03. The van der Waals surface area contributed by atoms with E-state index in [1.807, 2.05) is 33.8 Å². The summed E-state index contributed by atoms with van der Waals surface area (Å²) in [4.78, 5) is 47.7. The van der Waals surface area contributed by atoms with E-state index < -0.39 is 5.60 Å². The summed E-state index contributed by atoms with van der Waals surface area (Å²) in [6.45, 7) is 9.16. The highest BCUT2D eigenvalue weighted by Crippen LogP contribution is 2.28. The number of rotatable bonds is 5. The topological polar surface area (TPSA) is 108 Å². The number of piperazine rings is 1. The van der Waals surface area contributed by atoms with Crippen LogP contribution in [-0.2, 0) is 16.0 Å². The summed E-state index contributed by atoms with van der Waals surface area (Å²) in [5.41, 5.74) is 5.14. The first-order valence-corrected chi connectivity index (χ1v) is 12.2. The van der Waals surface area contributed by atoms with Gasteiger partial charge in [-0.3, -0.25) is 20.0 Å². The van der Waals surface area contributed by atoms with Crippen LogP contribution >= 0.6 is 11.6 Å². The Morgan fingerprint density at radius 2 is 1.83 bits per heavy atom. The molecule has 1 aliphatic heterocycles. The van der Waals surface area contributed by atoms with Gasteiger partial charge in [0, 0.05) is 48.3 Å². The molecule has 1 fully saturated rings. The molecule has 0 saturated carbocycles. The second kappa shape index (κ2) is 10.3. The number of hydrazine groups is 1. The third-order valence-electron chi connectivity index (χ3n) is 5.79. The molecule has 0 spiro atoms. The van der Waals surface area contributed by atoms with E-state index in [-0.39, 0.29) is 24.2 Å². The highest BCUT2D eigenvalue weighted by molar-refractivity contribution is 6.31. The number of fused-ring (bicyclic) bond motifs is 1. The zero-order valence-corrected chi connectivity index (χ0v) is 21.6. The number of aromatic nitrogens is 2. The van der Waals surface area contributed by atoms with Crippen molar-refractivity contribution in [2.24, 2.45) is 0 Å². The van der Waals surface area contributed by atoms with Crippen LogP contribution in [0.3, 0.4) is 0 Å². The lowest BCUT2D eigenvalue weighted by Crippen LogP contribution is -2.55. The van der Waals surface area contributed by atoms with Crippen LogP contribution in [0.25, 0.3) is 10.9 Å². The van der Waals surface area contributed by atoms with E-state index in [0.29, 0.717) is 59.1 Å². The number of carbonyl (C=O) groups is 3. The fourth-order valence-corrected chi connectivity index (χ4v) is 4.26. The van der Waals surface area contributed by atoms with E-state index in [1.165, 1.54) is 0 Å². The smallest absolute Gasteiger partial charge is 0.410 e. The molecular weight excluding hydrogens is 482 g/mol. The van der Waals surface area contributed by atoms with Gasteiger partial charge < -0.3 is 14.6 Å². The van der Waals surface area contributed by atoms with E-state index in [1.54, 1.807) is 40.4 Å². The second-order valence-electron chi connectivity index (χ2n) is 9.88. The number of aryl methyl sites for hydroxylation is 1. The van der Waals surface area contributed by atoms with Gasteiger partial charge in [0.05, 0.1) is 12.1 Å². The van der Waals surface area contributed by atoms with Crippen LogP contribution in [0, 0.1) is 6.92 Å². The zero-order valence-electron chi connectivity index (χ0n) is 20.9. The van der Waals surface area contributed by atoms with Crippen molar-refractivity contribution in [3.8, 4) is 0 Å². The molecule has 2 amide bonds. The molecule has 10 heteroatoms. The molecular formula is C26H30ClN5O4. The van der Waals surface area contributed by atoms with Crippen molar-refractivity contribution in [2.75, 3.05) is 26.2 Å². The average Bonchev–Trinajstić information content (AvgIpc) is 3.15. The van der Waals surface area contributed by atoms with Crippen LogP contribution in [0.5, 0.6) is 0 Å². The summed E-state index contributed by atoms with van der Waals surface area (Å²) in [5, 5.41) is 2.99. The van der Waals surface area contributed by atoms with Gasteiger partial charge in [-0.1, -0.05) is 11.6 Å². The summed E-state index contributed by atoms with van der Waals surface area (Å²) in [5.74, 6) is -0.562. The van der Waals surface area contributed by atoms with Crippen LogP contribution in [0.1, 0.15) is 48.1 Å². The molecule has 1 aromatic carbocycles. The number of halogens is 1. The van der Waals surface area contributed by atoms with Gasteiger partial charge in [-0.2, -0.15) is 0 Å².